The van der Waals surface area contributed by atoms with Gasteiger partial charge in [0.05, 0.1) is 5.92 Å². The van der Waals surface area contributed by atoms with Crippen LogP contribution in [0.15, 0.2) is 103 Å². The summed E-state index contributed by atoms with van der Waals surface area (Å²) in [5.41, 5.74) is 5.70. The van der Waals surface area contributed by atoms with Crippen LogP contribution >= 0.6 is 0 Å². The molecule has 5 rings (SSSR count). The van der Waals surface area contributed by atoms with E-state index in [1.165, 1.54) is 0 Å². The van der Waals surface area contributed by atoms with Gasteiger partial charge in [-0.25, -0.2) is 4.79 Å². The van der Waals surface area contributed by atoms with E-state index in [4.69, 9.17) is 4.74 Å². The second-order valence-corrected chi connectivity index (χ2v) is 8.63. The van der Waals surface area contributed by atoms with Crippen molar-refractivity contribution in [2.75, 3.05) is 0 Å². The van der Waals surface area contributed by atoms with Crippen molar-refractivity contribution >= 4 is 11.9 Å². The molecule has 35 heavy (non-hydrogen) atoms. The summed E-state index contributed by atoms with van der Waals surface area (Å²) in [6.45, 7) is 0.457. The maximum atomic E-state index is 13.4. The molecule has 1 aliphatic carbocycles. The Balaban J connectivity index is 1.28. The Hall–Kier alpha value is -4.38. The molecule has 0 radical (unpaired) electrons. The second-order valence-electron chi connectivity index (χ2n) is 8.63. The molecule has 0 aliphatic heterocycles. The zero-order valence-electron chi connectivity index (χ0n) is 19.1. The number of amides is 1. The Kier molecular flexibility index (Phi) is 6.31. The number of hydrogen-bond donors (Lipinski definition) is 2. The molecule has 1 aliphatic rings. The maximum absolute atomic E-state index is 13.4. The molecule has 0 aromatic heterocycles. The van der Waals surface area contributed by atoms with Gasteiger partial charge in [-0.1, -0.05) is 91.0 Å². The van der Waals surface area contributed by atoms with E-state index in [-0.39, 0.29) is 12.3 Å². The lowest BCUT2D eigenvalue weighted by Crippen LogP contribution is -2.44. The van der Waals surface area contributed by atoms with Crippen molar-refractivity contribution in [3.63, 3.8) is 0 Å². The van der Waals surface area contributed by atoms with Gasteiger partial charge in [0.2, 0.25) is 5.91 Å². The number of hydrogen-bond acceptors (Lipinski definition) is 3. The number of nitrogens with one attached hydrogen (secondary N) is 1. The van der Waals surface area contributed by atoms with Gasteiger partial charge in [-0.3, -0.25) is 4.79 Å². The number of rotatable bonds is 8. The summed E-state index contributed by atoms with van der Waals surface area (Å²) in [7, 11) is 0. The molecule has 0 saturated carbocycles. The molecule has 0 unspecified atom stereocenters. The van der Waals surface area contributed by atoms with Crippen LogP contribution in [0.3, 0.4) is 0 Å². The van der Waals surface area contributed by atoms with E-state index in [1.807, 2.05) is 103 Å². The minimum absolute atomic E-state index is 0.177. The molecular weight excluding hydrogens is 438 g/mol. The maximum Gasteiger partial charge on any atom is 0.326 e. The zero-order chi connectivity index (χ0) is 24.2. The first kappa shape index (κ1) is 22.4. The lowest BCUT2D eigenvalue weighted by molar-refractivity contribution is -0.141. The van der Waals surface area contributed by atoms with Crippen LogP contribution in [0.1, 0.15) is 28.2 Å². The average Bonchev–Trinajstić information content (AvgIpc) is 3.23. The van der Waals surface area contributed by atoms with Gasteiger partial charge in [-0.15, -0.1) is 0 Å². The van der Waals surface area contributed by atoms with Crippen LogP contribution in [-0.4, -0.2) is 23.0 Å². The lowest BCUT2D eigenvalue weighted by Gasteiger charge is -2.19. The number of ether oxygens (including phenoxy) is 1. The number of fused-ring (bicyclic) bond motifs is 3. The van der Waals surface area contributed by atoms with Crippen LogP contribution in [0.5, 0.6) is 5.75 Å². The first-order valence-electron chi connectivity index (χ1n) is 11.6. The van der Waals surface area contributed by atoms with Crippen molar-refractivity contribution in [1.29, 1.82) is 0 Å². The highest BCUT2D eigenvalue weighted by atomic mass is 16.5. The molecule has 174 valence electrons. The Morgan fingerprint density at radius 2 is 1.31 bits per heavy atom. The molecule has 1 amide bonds. The van der Waals surface area contributed by atoms with E-state index in [9.17, 15) is 14.7 Å². The molecule has 0 bridgehead atoms. The Morgan fingerprint density at radius 1 is 0.743 bits per heavy atom. The predicted molar refractivity (Wildman–Crippen MR) is 134 cm³/mol. The molecule has 0 saturated heterocycles. The first-order chi connectivity index (χ1) is 17.1. The van der Waals surface area contributed by atoms with E-state index in [0.717, 1.165) is 33.4 Å². The van der Waals surface area contributed by atoms with Gasteiger partial charge in [-0.05, 0) is 45.5 Å². The fraction of sp³-hybridized carbons (Fsp3) is 0.133. The van der Waals surface area contributed by atoms with Crippen LogP contribution in [0, 0.1) is 0 Å². The summed E-state index contributed by atoms with van der Waals surface area (Å²) in [4.78, 5) is 25.4. The molecular formula is C30H25NO4. The summed E-state index contributed by atoms with van der Waals surface area (Å²) in [6, 6.07) is 31.7. The fourth-order valence-electron chi connectivity index (χ4n) is 4.59. The van der Waals surface area contributed by atoms with Gasteiger partial charge < -0.3 is 15.2 Å². The predicted octanol–water partition coefficient (Wildman–Crippen LogP) is 5.19. The third-order valence-electron chi connectivity index (χ3n) is 6.32. The normalized spacial score (nSPS) is 12.9. The number of benzene rings is 4. The Bertz CT molecular complexity index is 1300. The molecule has 4 aromatic rings. The van der Waals surface area contributed by atoms with Crippen molar-refractivity contribution in [3.8, 4) is 16.9 Å². The quantitative estimate of drug-likeness (QED) is 0.377. The smallest absolute Gasteiger partial charge is 0.326 e. The molecule has 0 fully saturated rings. The van der Waals surface area contributed by atoms with Gasteiger partial charge >= 0.3 is 5.97 Å². The number of aliphatic carboxylic acids is 1. The van der Waals surface area contributed by atoms with Gasteiger partial charge in [-0.2, -0.15) is 0 Å². The van der Waals surface area contributed by atoms with Crippen molar-refractivity contribution in [3.05, 3.63) is 125 Å². The van der Waals surface area contributed by atoms with Crippen LogP contribution in [0.2, 0.25) is 0 Å². The summed E-state index contributed by atoms with van der Waals surface area (Å²) in [5, 5.41) is 12.6. The van der Waals surface area contributed by atoms with Crippen LogP contribution in [0.25, 0.3) is 11.1 Å². The molecule has 0 heterocycles. The molecule has 4 aromatic carbocycles. The first-order valence-corrected chi connectivity index (χ1v) is 11.6. The SMILES string of the molecule is O=C(N[C@@H](Cc1ccc(OCc2ccccc2)cc1)C(=O)O)C1c2ccccc2-c2ccccc21. The van der Waals surface area contributed by atoms with Crippen molar-refractivity contribution in [2.24, 2.45) is 0 Å². The van der Waals surface area contributed by atoms with Crippen molar-refractivity contribution in [1.82, 2.24) is 5.32 Å². The molecule has 1 atom stereocenters. The summed E-state index contributed by atoms with van der Waals surface area (Å²) in [6.07, 6.45) is 0.177. The van der Waals surface area contributed by atoms with Gasteiger partial charge in [0, 0.05) is 6.42 Å². The zero-order valence-corrected chi connectivity index (χ0v) is 19.1. The van der Waals surface area contributed by atoms with Gasteiger partial charge in [0.1, 0.15) is 18.4 Å². The van der Waals surface area contributed by atoms with Crippen molar-refractivity contribution < 1.29 is 19.4 Å². The second kappa shape index (κ2) is 9.85. The van der Waals surface area contributed by atoms with E-state index < -0.39 is 17.9 Å². The molecule has 2 N–H and O–H groups in total. The monoisotopic (exact) mass is 463 g/mol. The lowest BCUT2D eigenvalue weighted by atomic mass is 9.95. The molecule has 5 heteroatoms. The third kappa shape index (κ3) is 4.80. The minimum atomic E-state index is -1.07. The minimum Gasteiger partial charge on any atom is -0.489 e. The Morgan fingerprint density at radius 3 is 1.91 bits per heavy atom. The highest BCUT2D eigenvalue weighted by molar-refractivity contribution is 5.97. The average molecular weight is 464 g/mol. The summed E-state index contributed by atoms with van der Waals surface area (Å²) < 4.78 is 5.81. The molecule has 0 spiro atoms. The number of carbonyl (C=O) groups excluding carboxylic acids is 1. The highest BCUT2D eigenvalue weighted by Crippen LogP contribution is 2.44. The summed E-state index contributed by atoms with van der Waals surface area (Å²) in [5.74, 6) is -1.20. The molecule has 5 nitrogen and oxygen atoms in total. The van der Waals surface area contributed by atoms with Crippen molar-refractivity contribution in [2.45, 2.75) is 25.0 Å². The van der Waals surface area contributed by atoms with E-state index >= 15 is 0 Å². The number of carbonyl (C=O) groups is 2. The third-order valence-corrected chi connectivity index (χ3v) is 6.32. The van der Waals surface area contributed by atoms with Crippen LogP contribution < -0.4 is 10.1 Å². The number of carboxylic acid groups (broad SMARTS) is 1. The summed E-state index contributed by atoms with van der Waals surface area (Å²) >= 11 is 0. The van der Waals surface area contributed by atoms with Gasteiger partial charge in [0.15, 0.2) is 0 Å². The largest absolute Gasteiger partial charge is 0.489 e. The number of carboxylic acids is 1. The van der Waals surface area contributed by atoms with Crippen LogP contribution in [0.4, 0.5) is 0 Å². The van der Waals surface area contributed by atoms with Crippen LogP contribution in [-0.2, 0) is 22.6 Å². The Labute approximate surface area is 204 Å². The topological polar surface area (TPSA) is 75.6 Å². The highest BCUT2D eigenvalue weighted by Gasteiger charge is 2.35. The van der Waals surface area contributed by atoms with E-state index in [0.29, 0.717) is 12.4 Å². The van der Waals surface area contributed by atoms with Gasteiger partial charge in [0.25, 0.3) is 0 Å². The van der Waals surface area contributed by atoms with E-state index in [1.54, 1.807) is 0 Å². The fourth-order valence-corrected chi connectivity index (χ4v) is 4.59. The van der Waals surface area contributed by atoms with E-state index in [2.05, 4.69) is 5.32 Å². The standard InChI is InChI=1S/C30H25NO4/c32-29(28-25-12-6-4-10-23(25)24-11-5-7-13-26(24)28)31-27(30(33)34)18-20-14-16-22(17-15-20)35-19-21-8-2-1-3-9-21/h1-17,27-28H,18-19H2,(H,31,32)(H,33,34)/t27-/m0/s1.